The summed E-state index contributed by atoms with van der Waals surface area (Å²) in [5.41, 5.74) is -1.02. The Hall–Kier alpha value is -2.41. The predicted octanol–water partition coefficient (Wildman–Crippen LogP) is 2.41. The largest absolute Gasteiger partial charge is 0.466 e. The van der Waals surface area contributed by atoms with E-state index in [9.17, 15) is 14.4 Å². The minimum Gasteiger partial charge on any atom is -0.466 e. The van der Waals surface area contributed by atoms with Crippen LogP contribution in [0.15, 0.2) is 30.3 Å². The summed E-state index contributed by atoms with van der Waals surface area (Å²) in [6, 6.07) is 9.11. The van der Waals surface area contributed by atoms with Gasteiger partial charge in [0.15, 0.2) is 5.60 Å². The first kappa shape index (κ1) is 21.6. The van der Waals surface area contributed by atoms with Crippen molar-refractivity contribution >= 4 is 17.9 Å². The average molecular weight is 366 g/mol. The van der Waals surface area contributed by atoms with E-state index >= 15 is 0 Å². The normalized spacial score (nSPS) is 10.9. The van der Waals surface area contributed by atoms with Crippen molar-refractivity contribution in [3.8, 4) is 0 Å². The van der Waals surface area contributed by atoms with Gasteiger partial charge in [-0.15, -0.1) is 0 Å². The van der Waals surface area contributed by atoms with E-state index in [-0.39, 0.29) is 26.4 Å². The van der Waals surface area contributed by atoms with Gasteiger partial charge in [-0.2, -0.15) is 0 Å². The Balaban J connectivity index is 3.10. The molecule has 7 heteroatoms. The van der Waals surface area contributed by atoms with Crippen molar-refractivity contribution in [2.75, 3.05) is 19.8 Å². The Kier molecular flexibility index (Phi) is 9.36. The summed E-state index contributed by atoms with van der Waals surface area (Å²) in [6.07, 6.45) is -0.878. The quantitative estimate of drug-likeness (QED) is 0.439. The topological polar surface area (TPSA) is 88.1 Å². The molecule has 1 aromatic carbocycles. The van der Waals surface area contributed by atoms with Crippen molar-refractivity contribution in [2.45, 2.75) is 45.8 Å². The van der Waals surface area contributed by atoms with E-state index in [1.54, 1.807) is 20.8 Å². The van der Waals surface area contributed by atoms with Gasteiger partial charge in [-0.1, -0.05) is 30.3 Å². The summed E-state index contributed by atoms with van der Waals surface area (Å²) < 4.78 is 20.7. The highest BCUT2D eigenvalue weighted by Crippen LogP contribution is 2.26. The molecule has 1 aromatic rings. The molecule has 144 valence electrons. The van der Waals surface area contributed by atoms with Gasteiger partial charge in [0.1, 0.15) is 0 Å². The molecule has 0 aliphatic heterocycles. The smallest absolute Gasteiger partial charge is 0.339 e. The summed E-state index contributed by atoms with van der Waals surface area (Å²) in [6.45, 7) is 5.35. The van der Waals surface area contributed by atoms with Crippen LogP contribution in [0, 0.1) is 0 Å². The van der Waals surface area contributed by atoms with Gasteiger partial charge in [-0.3, -0.25) is 9.59 Å². The number of carbonyl (C=O) groups is 3. The Morgan fingerprint density at radius 1 is 0.808 bits per heavy atom. The number of rotatable bonds is 11. The minimum atomic E-state index is -1.80. The molecule has 0 aromatic heterocycles. The van der Waals surface area contributed by atoms with E-state index < -0.39 is 36.4 Å². The molecule has 0 radical (unpaired) electrons. The van der Waals surface area contributed by atoms with E-state index in [2.05, 4.69) is 0 Å². The lowest BCUT2D eigenvalue weighted by molar-refractivity contribution is -0.187. The molecule has 26 heavy (non-hydrogen) atoms. The third-order valence-corrected chi connectivity index (χ3v) is 3.48. The number of ether oxygens (including phenoxy) is 4. The van der Waals surface area contributed by atoms with Crippen LogP contribution < -0.4 is 0 Å². The third-order valence-electron chi connectivity index (χ3n) is 3.48. The van der Waals surface area contributed by atoms with Crippen LogP contribution in [0.25, 0.3) is 0 Å². The van der Waals surface area contributed by atoms with Gasteiger partial charge < -0.3 is 18.9 Å². The van der Waals surface area contributed by atoms with Crippen molar-refractivity contribution in [3.63, 3.8) is 0 Å². The molecule has 0 atom stereocenters. The van der Waals surface area contributed by atoms with Gasteiger partial charge in [0, 0.05) is 0 Å². The highest BCUT2D eigenvalue weighted by Gasteiger charge is 2.46. The van der Waals surface area contributed by atoms with Crippen molar-refractivity contribution in [1.82, 2.24) is 0 Å². The van der Waals surface area contributed by atoms with Gasteiger partial charge in [0.25, 0.3) is 0 Å². The second-order valence-electron chi connectivity index (χ2n) is 5.45. The summed E-state index contributed by atoms with van der Waals surface area (Å²) in [4.78, 5) is 36.7. The zero-order valence-electron chi connectivity index (χ0n) is 15.5. The second-order valence-corrected chi connectivity index (χ2v) is 5.45. The second kappa shape index (κ2) is 11.3. The number of hydrogen-bond donors (Lipinski definition) is 0. The average Bonchev–Trinajstić information content (AvgIpc) is 2.61. The van der Waals surface area contributed by atoms with Crippen LogP contribution in [0.3, 0.4) is 0 Å². The van der Waals surface area contributed by atoms with E-state index in [1.807, 2.05) is 30.3 Å². The molecule has 0 saturated heterocycles. The van der Waals surface area contributed by atoms with Crippen LogP contribution in [0.4, 0.5) is 0 Å². The van der Waals surface area contributed by atoms with Crippen LogP contribution in [-0.4, -0.2) is 43.3 Å². The molecule has 1 rings (SSSR count). The van der Waals surface area contributed by atoms with Crippen molar-refractivity contribution in [1.29, 1.82) is 0 Å². The maximum Gasteiger partial charge on any atom is 0.339 e. The van der Waals surface area contributed by atoms with E-state index in [4.69, 9.17) is 18.9 Å². The van der Waals surface area contributed by atoms with Crippen LogP contribution >= 0.6 is 0 Å². The first-order valence-corrected chi connectivity index (χ1v) is 8.63. The Morgan fingerprint density at radius 3 is 1.77 bits per heavy atom. The van der Waals surface area contributed by atoms with Gasteiger partial charge in [-0.05, 0) is 26.3 Å². The zero-order valence-corrected chi connectivity index (χ0v) is 15.5. The fourth-order valence-corrected chi connectivity index (χ4v) is 2.32. The molecule has 0 unspecified atom stereocenters. The Morgan fingerprint density at radius 2 is 1.31 bits per heavy atom. The molecule has 0 aliphatic carbocycles. The number of benzene rings is 1. The molecule has 0 spiro atoms. The van der Waals surface area contributed by atoms with Gasteiger partial charge >= 0.3 is 17.9 Å². The maximum absolute atomic E-state index is 12.6. The van der Waals surface area contributed by atoms with Crippen molar-refractivity contribution < 1.29 is 33.3 Å². The van der Waals surface area contributed by atoms with Gasteiger partial charge in [0.05, 0.1) is 39.3 Å². The van der Waals surface area contributed by atoms with Crippen LogP contribution in [-0.2, 0) is 39.9 Å². The lowest BCUT2D eigenvalue weighted by atomic mass is 9.94. The van der Waals surface area contributed by atoms with Crippen molar-refractivity contribution in [3.05, 3.63) is 35.9 Å². The maximum atomic E-state index is 12.6. The van der Waals surface area contributed by atoms with Crippen LogP contribution in [0.2, 0.25) is 0 Å². The lowest BCUT2D eigenvalue weighted by Gasteiger charge is -2.30. The van der Waals surface area contributed by atoms with Gasteiger partial charge in [0.2, 0.25) is 0 Å². The summed E-state index contributed by atoms with van der Waals surface area (Å²) >= 11 is 0. The number of hydrogen-bond acceptors (Lipinski definition) is 7. The highest BCUT2D eigenvalue weighted by molar-refractivity contribution is 5.90. The molecule has 0 fully saturated rings. The first-order chi connectivity index (χ1) is 12.5. The SMILES string of the molecule is CCOC(=O)CC(CC(=O)OCC)(OCc1ccccc1)C(=O)OCC. The summed E-state index contributed by atoms with van der Waals surface area (Å²) in [7, 11) is 0. The number of esters is 3. The molecule has 7 nitrogen and oxygen atoms in total. The zero-order chi connectivity index (χ0) is 19.4. The fourth-order valence-electron chi connectivity index (χ4n) is 2.32. The predicted molar refractivity (Wildman–Crippen MR) is 93.1 cm³/mol. The van der Waals surface area contributed by atoms with Gasteiger partial charge in [-0.25, -0.2) is 4.79 Å². The summed E-state index contributed by atoms with van der Waals surface area (Å²) in [5.74, 6) is -2.10. The molecule has 0 heterocycles. The molecule has 0 amide bonds. The molecule has 0 bridgehead atoms. The Bertz CT molecular complexity index is 563. The first-order valence-electron chi connectivity index (χ1n) is 8.63. The van der Waals surface area contributed by atoms with E-state index in [0.717, 1.165) is 5.56 Å². The molecular formula is C19H26O7. The van der Waals surface area contributed by atoms with Crippen LogP contribution in [0.1, 0.15) is 39.2 Å². The minimum absolute atomic E-state index is 0.0263. The van der Waals surface area contributed by atoms with Crippen LogP contribution in [0.5, 0.6) is 0 Å². The molecule has 0 N–H and O–H groups in total. The third kappa shape index (κ3) is 6.84. The lowest BCUT2D eigenvalue weighted by Crippen LogP contribution is -2.47. The van der Waals surface area contributed by atoms with Crippen molar-refractivity contribution in [2.24, 2.45) is 0 Å². The standard InChI is InChI=1S/C19H26O7/c1-4-23-16(20)12-19(18(22)25-6-3,13-17(21)24-5-2)26-14-15-10-8-7-9-11-15/h7-11H,4-6,12-14H2,1-3H3. The molecule has 0 aliphatic rings. The molecular weight excluding hydrogens is 340 g/mol. The van der Waals surface area contributed by atoms with E-state index in [0.29, 0.717) is 0 Å². The Labute approximate surface area is 153 Å². The fraction of sp³-hybridized carbons (Fsp3) is 0.526. The number of carbonyl (C=O) groups excluding carboxylic acids is 3. The molecule has 0 saturated carbocycles. The monoisotopic (exact) mass is 366 g/mol. The van der Waals surface area contributed by atoms with E-state index in [1.165, 1.54) is 0 Å². The summed E-state index contributed by atoms with van der Waals surface area (Å²) in [5, 5.41) is 0. The highest BCUT2D eigenvalue weighted by atomic mass is 16.6.